The van der Waals surface area contributed by atoms with Crippen LogP contribution in [0.2, 0.25) is 0 Å². The average molecular weight is 228 g/mol. The van der Waals surface area contributed by atoms with E-state index in [1.54, 1.807) is 12.1 Å². The van der Waals surface area contributed by atoms with E-state index >= 15 is 0 Å². The van der Waals surface area contributed by atoms with E-state index < -0.39 is 24.0 Å². The molecule has 0 saturated carbocycles. The standard InChI is InChI=1S/2C4H6N2O2/c2*5-2-1-3(6)4(7)8/h2*3H,1,6H2,(H,7,8)/t2*3-/m00/s1. The lowest BCUT2D eigenvalue weighted by molar-refractivity contribution is -0.139. The van der Waals surface area contributed by atoms with E-state index in [2.05, 4.69) is 0 Å². The van der Waals surface area contributed by atoms with Gasteiger partial charge in [0.15, 0.2) is 0 Å². The molecule has 0 radical (unpaired) electrons. The van der Waals surface area contributed by atoms with E-state index in [0.29, 0.717) is 0 Å². The van der Waals surface area contributed by atoms with Crippen molar-refractivity contribution < 1.29 is 19.8 Å². The number of rotatable bonds is 4. The monoisotopic (exact) mass is 228 g/mol. The van der Waals surface area contributed by atoms with Crippen LogP contribution in [-0.4, -0.2) is 34.2 Å². The summed E-state index contributed by atoms with van der Waals surface area (Å²) in [7, 11) is 0. The summed E-state index contributed by atoms with van der Waals surface area (Å²) >= 11 is 0. The summed E-state index contributed by atoms with van der Waals surface area (Å²) in [5, 5.41) is 31.9. The van der Waals surface area contributed by atoms with Crippen LogP contribution < -0.4 is 11.5 Å². The van der Waals surface area contributed by atoms with Crippen molar-refractivity contribution in [1.82, 2.24) is 0 Å². The Hall–Kier alpha value is -2.16. The van der Waals surface area contributed by atoms with Crippen molar-refractivity contribution in [1.29, 1.82) is 10.5 Å². The highest BCUT2D eigenvalue weighted by molar-refractivity contribution is 5.73. The molecular weight excluding hydrogens is 216 g/mol. The van der Waals surface area contributed by atoms with Gasteiger partial charge in [0.05, 0.1) is 25.0 Å². The van der Waals surface area contributed by atoms with E-state index in [1.165, 1.54) is 0 Å². The number of carbonyl (C=O) groups is 2. The molecule has 0 aliphatic heterocycles. The molecule has 0 fully saturated rings. The van der Waals surface area contributed by atoms with Crippen molar-refractivity contribution >= 4 is 11.9 Å². The van der Waals surface area contributed by atoms with E-state index in [9.17, 15) is 9.59 Å². The SMILES string of the molecule is N#CC[C@H](N)C(=O)O.N#CC[C@H](N)C(=O)O. The molecule has 0 heterocycles. The molecule has 0 aromatic rings. The highest BCUT2D eigenvalue weighted by Gasteiger charge is 2.09. The number of nitrogens with zero attached hydrogens (tertiary/aromatic N) is 2. The first-order valence-corrected chi connectivity index (χ1v) is 4.07. The smallest absolute Gasteiger partial charge is 0.321 e. The fourth-order valence-electron chi connectivity index (χ4n) is 0.371. The highest BCUT2D eigenvalue weighted by Crippen LogP contribution is 1.83. The first-order chi connectivity index (χ1) is 7.36. The lowest BCUT2D eigenvalue weighted by atomic mass is 10.2. The van der Waals surface area contributed by atoms with Crippen LogP contribution in [0.3, 0.4) is 0 Å². The van der Waals surface area contributed by atoms with Gasteiger partial charge in [-0.05, 0) is 0 Å². The summed E-state index contributed by atoms with van der Waals surface area (Å²) in [5.74, 6) is -2.27. The molecule has 0 spiro atoms. The molecule has 88 valence electrons. The third-order valence-electron chi connectivity index (χ3n) is 1.26. The van der Waals surface area contributed by atoms with Crippen LogP contribution in [0.1, 0.15) is 12.8 Å². The Bertz CT molecular complexity index is 285. The number of nitriles is 2. The number of carboxylic acid groups (broad SMARTS) is 2. The second-order valence-corrected chi connectivity index (χ2v) is 2.61. The summed E-state index contributed by atoms with van der Waals surface area (Å²) in [6.07, 6.45) is -0.259. The lowest BCUT2D eigenvalue weighted by Gasteiger charge is -1.95. The molecule has 0 bridgehead atoms. The van der Waals surface area contributed by atoms with E-state index in [4.69, 9.17) is 32.2 Å². The van der Waals surface area contributed by atoms with Gasteiger partial charge >= 0.3 is 11.9 Å². The molecule has 6 N–H and O–H groups in total. The van der Waals surface area contributed by atoms with Crippen molar-refractivity contribution in [2.75, 3.05) is 0 Å². The number of hydrogen-bond donors (Lipinski definition) is 4. The van der Waals surface area contributed by atoms with E-state index in [1.807, 2.05) is 0 Å². The Morgan fingerprint density at radius 2 is 1.25 bits per heavy atom. The van der Waals surface area contributed by atoms with Crippen LogP contribution in [0.25, 0.3) is 0 Å². The van der Waals surface area contributed by atoms with Gasteiger partial charge in [0, 0.05) is 0 Å². The van der Waals surface area contributed by atoms with Gasteiger partial charge in [0.2, 0.25) is 0 Å². The normalized spacial score (nSPS) is 12.0. The van der Waals surface area contributed by atoms with Gasteiger partial charge < -0.3 is 21.7 Å². The van der Waals surface area contributed by atoms with Gasteiger partial charge in [-0.25, -0.2) is 0 Å². The molecule has 0 saturated heterocycles. The summed E-state index contributed by atoms with van der Waals surface area (Å²) < 4.78 is 0. The summed E-state index contributed by atoms with van der Waals surface area (Å²) in [4.78, 5) is 19.6. The predicted octanol–water partition coefficient (Wildman–Crippen LogP) is -1.38. The molecule has 8 nitrogen and oxygen atoms in total. The maximum absolute atomic E-state index is 9.81. The lowest BCUT2D eigenvalue weighted by Crippen LogP contribution is -2.29. The number of nitrogens with two attached hydrogens (primary N) is 2. The molecule has 16 heavy (non-hydrogen) atoms. The first-order valence-electron chi connectivity index (χ1n) is 4.07. The Balaban J connectivity index is 0. The fraction of sp³-hybridized carbons (Fsp3) is 0.500. The largest absolute Gasteiger partial charge is 0.480 e. The third-order valence-corrected chi connectivity index (χ3v) is 1.26. The zero-order valence-electron chi connectivity index (χ0n) is 8.33. The Kier molecular flexibility index (Phi) is 9.56. The molecule has 0 unspecified atom stereocenters. The van der Waals surface area contributed by atoms with Gasteiger partial charge in [-0.1, -0.05) is 0 Å². The van der Waals surface area contributed by atoms with Crippen molar-refractivity contribution in [3.63, 3.8) is 0 Å². The van der Waals surface area contributed by atoms with E-state index in [0.717, 1.165) is 0 Å². The van der Waals surface area contributed by atoms with Gasteiger partial charge in [-0.3, -0.25) is 9.59 Å². The molecule has 0 amide bonds. The molecular formula is C8H12N4O4. The zero-order chi connectivity index (χ0) is 13.1. The molecule has 0 aliphatic carbocycles. The minimum atomic E-state index is -1.13. The molecule has 0 aromatic heterocycles. The molecule has 0 aromatic carbocycles. The summed E-state index contributed by atoms with van der Waals surface area (Å²) in [5.41, 5.74) is 9.81. The summed E-state index contributed by atoms with van der Waals surface area (Å²) in [6.45, 7) is 0. The number of hydrogen-bond acceptors (Lipinski definition) is 6. The minimum Gasteiger partial charge on any atom is -0.480 e. The van der Waals surface area contributed by atoms with Crippen molar-refractivity contribution in [2.24, 2.45) is 11.5 Å². The predicted molar refractivity (Wildman–Crippen MR) is 51.7 cm³/mol. The summed E-state index contributed by atoms with van der Waals surface area (Å²) in [6, 6.07) is 1.23. The Morgan fingerprint density at radius 1 is 1.00 bits per heavy atom. The van der Waals surface area contributed by atoms with Crippen molar-refractivity contribution in [3.8, 4) is 12.1 Å². The molecule has 0 aliphatic rings. The maximum atomic E-state index is 9.81. The second kappa shape index (κ2) is 9.40. The second-order valence-electron chi connectivity index (χ2n) is 2.61. The van der Waals surface area contributed by atoms with Crippen LogP contribution in [0.4, 0.5) is 0 Å². The zero-order valence-corrected chi connectivity index (χ0v) is 8.33. The Labute approximate surface area is 91.7 Å². The van der Waals surface area contributed by atoms with Gasteiger partial charge in [-0.2, -0.15) is 10.5 Å². The number of aliphatic carboxylic acids is 2. The minimum absolute atomic E-state index is 0.130. The third kappa shape index (κ3) is 9.92. The van der Waals surface area contributed by atoms with Crippen molar-refractivity contribution in [3.05, 3.63) is 0 Å². The van der Waals surface area contributed by atoms with Crippen molar-refractivity contribution in [2.45, 2.75) is 24.9 Å². The van der Waals surface area contributed by atoms with Gasteiger partial charge in [0.1, 0.15) is 12.1 Å². The van der Waals surface area contributed by atoms with Gasteiger partial charge in [0.25, 0.3) is 0 Å². The Morgan fingerprint density at radius 3 is 1.31 bits per heavy atom. The van der Waals surface area contributed by atoms with E-state index in [-0.39, 0.29) is 12.8 Å². The first kappa shape index (κ1) is 16.3. The average Bonchev–Trinajstić information content (AvgIpc) is 2.19. The highest BCUT2D eigenvalue weighted by atomic mass is 16.4. The molecule has 2 atom stereocenters. The topological polar surface area (TPSA) is 174 Å². The van der Waals surface area contributed by atoms with Crippen LogP contribution in [0, 0.1) is 22.7 Å². The van der Waals surface area contributed by atoms with Gasteiger partial charge in [-0.15, -0.1) is 0 Å². The maximum Gasteiger partial charge on any atom is 0.321 e. The molecule has 0 rings (SSSR count). The van der Waals surface area contributed by atoms with Crippen LogP contribution in [0.5, 0.6) is 0 Å². The molecule has 8 heteroatoms. The van der Waals surface area contributed by atoms with Crippen LogP contribution in [-0.2, 0) is 9.59 Å². The van der Waals surface area contributed by atoms with Crippen LogP contribution >= 0.6 is 0 Å². The fourth-order valence-corrected chi connectivity index (χ4v) is 0.371. The van der Waals surface area contributed by atoms with Crippen LogP contribution in [0.15, 0.2) is 0 Å². The number of carboxylic acids is 2. The quantitative estimate of drug-likeness (QED) is 0.455.